The molecular weight excluding hydrogens is 499 g/mol. The fourth-order valence-electron chi connectivity index (χ4n) is 3.87. The van der Waals surface area contributed by atoms with Crippen LogP contribution in [0.15, 0.2) is 96.0 Å². The number of carbonyl (C=O) groups is 1. The van der Waals surface area contributed by atoms with Crippen molar-refractivity contribution in [1.29, 1.82) is 0 Å². The van der Waals surface area contributed by atoms with Crippen LogP contribution in [0.4, 0.5) is 5.69 Å². The first kappa shape index (κ1) is 24.8. The smallest absolute Gasteiger partial charge is 0.256 e. The number of halogens is 2. The van der Waals surface area contributed by atoms with E-state index in [1.807, 2.05) is 84.9 Å². The van der Waals surface area contributed by atoms with Crippen molar-refractivity contribution in [3.63, 3.8) is 0 Å². The highest BCUT2D eigenvalue weighted by Crippen LogP contribution is 2.43. The van der Waals surface area contributed by atoms with Crippen molar-refractivity contribution in [2.24, 2.45) is 0 Å². The highest BCUT2D eigenvalue weighted by atomic mass is 35.5. The molecule has 2 N–H and O–H groups in total. The van der Waals surface area contributed by atoms with Crippen LogP contribution in [0.2, 0.25) is 5.15 Å². The van der Waals surface area contributed by atoms with Gasteiger partial charge in [-0.2, -0.15) is 5.10 Å². The molecule has 0 aliphatic carbocycles. The molecule has 1 atom stereocenters. The monoisotopic (exact) mass is 520 g/mol. The molecular formula is C27H22Cl2N4OS. The standard InChI is InChI=1S/C27H21ClN4OS.ClH/c1-17(24-25(31-32-26(24)28)18-8-3-2-4-9-18)34-23-12-6-5-11-21(23)27(33)30-20-13-14-22-19(16-20)10-7-15-29-22;/h2-17H,1H3,(H,30,33)(H,31,32);1H. The van der Waals surface area contributed by atoms with Crippen LogP contribution < -0.4 is 5.32 Å². The third-order valence-electron chi connectivity index (χ3n) is 5.51. The van der Waals surface area contributed by atoms with Gasteiger partial charge in [0.2, 0.25) is 0 Å². The topological polar surface area (TPSA) is 70.7 Å². The van der Waals surface area contributed by atoms with Gasteiger partial charge in [0.05, 0.1) is 16.8 Å². The lowest BCUT2D eigenvalue weighted by Crippen LogP contribution is -2.13. The number of benzene rings is 3. The molecule has 0 aliphatic heterocycles. The van der Waals surface area contributed by atoms with Crippen molar-refractivity contribution in [2.45, 2.75) is 17.1 Å². The van der Waals surface area contributed by atoms with Crippen LogP contribution in [-0.2, 0) is 0 Å². The minimum Gasteiger partial charge on any atom is -0.322 e. The van der Waals surface area contributed by atoms with E-state index in [2.05, 4.69) is 27.4 Å². The molecule has 176 valence electrons. The Balaban J connectivity index is 0.00000289. The van der Waals surface area contributed by atoms with Crippen LogP contribution in [-0.4, -0.2) is 21.1 Å². The van der Waals surface area contributed by atoms with E-state index in [0.717, 1.165) is 38.3 Å². The Bertz CT molecular complexity index is 1470. The van der Waals surface area contributed by atoms with Gasteiger partial charge < -0.3 is 5.32 Å². The van der Waals surface area contributed by atoms with Gasteiger partial charge in [-0.25, -0.2) is 0 Å². The Hall–Kier alpha value is -3.32. The van der Waals surface area contributed by atoms with Crippen molar-refractivity contribution in [2.75, 3.05) is 5.32 Å². The summed E-state index contributed by atoms with van der Waals surface area (Å²) < 4.78 is 0. The largest absolute Gasteiger partial charge is 0.322 e. The molecule has 35 heavy (non-hydrogen) atoms. The van der Waals surface area contributed by atoms with E-state index in [-0.39, 0.29) is 23.6 Å². The van der Waals surface area contributed by atoms with E-state index in [1.165, 1.54) is 0 Å². The lowest BCUT2D eigenvalue weighted by Gasteiger charge is -2.15. The van der Waals surface area contributed by atoms with Gasteiger partial charge in [0, 0.05) is 38.5 Å². The fourth-order valence-corrected chi connectivity index (χ4v) is 5.41. The molecule has 0 saturated heterocycles. The van der Waals surface area contributed by atoms with Crippen LogP contribution in [0.5, 0.6) is 0 Å². The van der Waals surface area contributed by atoms with Gasteiger partial charge in [-0.15, -0.1) is 24.2 Å². The van der Waals surface area contributed by atoms with Crippen molar-refractivity contribution < 1.29 is 4.79 Å². The average molecular weight is 521 g/mol. The molecule has 5 rings (SSSR count). The maximum absolute atomic E-state index is 13.2. The van der Waals surface area contributed by atoms with Gasteiger partial charge in [-0.3, -0.25) is 14.9 Å². The van der Waals surface area contributed by atoms with Crippen molar-refractivity contribution >= 4 is 58.3 Å². The summed E-state index contributed by atoms with van der Waals surface area (Å²) in [6, 6.07) is 27.1. The van der Waals surface area contributed by atoms with Gasteiger partial charge >= 0.3 is 0 Å². The van der Waals surface area contributed by atoms with Crippen LogP contribution in [0.25, 0.3) is 22.2 Å². The molecule has 0 aliphatic rings. The second-order valence-electron chi connectivity index (χ2n) is 7.79. The first-order chi connectivity index (χ1) is 16.6. The maximum Gasteiger partial charge on any atom is 0.256 e. The molecule has 2 aromatic heterocycles. The zero-order chi connectivity index (χ0) is 23.5. The Kier molecular flexibility index (Phi) is 7.76. The van der Waals surface area contributed by atoms with Crippen LogP contribution >= 0.6 is 35.8 Å². The summed E-state index contributed by atoms with van der Waals surface area (Å²) in [6.45, 7) is 2.07. The SMILES string of the molecule is CC(Sc1ccccc1C(=O)Nc1ccc2ncccc2c1)c1c(-c2ccccc2)n[nH]c1Cl.Cl. The summed E-state index contributed by atoms with van der Waals surface area (Å²) in [5, 5.41) is 11.8. The molecule has 3 aromatic carbocycles. The molecule has 0 saturated carbocycles. The molecule has 2 heterocycles. The summed E-state index contributed by atoms with van der Waals surface area (Å²) in [6.07, 6.45) is 1.75. The number of nitrogens with one attached hydrogen (secondary N) is 2. The number of H-pyrrole nitrogens is 1. The van der Waals surface area contributed by atoms with E-state index < -0.39 is 0 Å². The first-order valence-electron chi connectivity index (χ1n) is 10.8. The minimum absolute atomic E-state index is 0. The van der Waals surface area contributed by atoms with E-state index in [4.69, 9.17) is 11.6 Å². The van der Waals surface area contributed by atoms with Crippen LogP contribution in [0.3, 0.4) is 0 Å². The summed E-state index contributed by atoms with van der Waals surface area (Å²) in [7, 11) is 0. The number of hydrogen-bond acceptors (Lipinski definition) is 4. The second-order valence-corrected chi connectivity index (χ2v) is 9.55. The number of anilines is 1. The van der Waals surface area contributed by atoms with E-state index in [9.17, 15) is 4.79 Å². The quantitative estimate of drug-likeness (QED) is 0.224. The van der Waals surface area contributed by atoms with E-state index in [0.29, 0.717) is 10.7 Å². The first-order valence-corrected chi connectivity index (χ1v) is 12.1. The van der Waals surface area contributed by atoms with E-state index >= 15 is 0 Å². The number of hydrogen-bond donors (Lipinski definition) is 2. The molecule has 8 heteroatoms. The number of rotatable bonds is 6. The van der Waals surface area contributed by atoms with Gasteiger partial charge in [0.25, 0.3) is 5.91 Å². The lowest BCUT2D eigenvalue weighted by molar-refractivity contribution is 0.102. The molecule has 0 radical (unpaired) electrons. The predicted molar refractivity (Wildman–Crippen MR) is 147 cm³/mol. The molecule has 0 bridgehead atoms. The summed E-state index contributed by atoms with van der Waals surface area (Å²) in [5.74, 6) is -0.167. The number of fused-ring (bicyclic) bond motifs is 1. The van der Waals surface area contributed by atoms with Gasteiger partial charge in [0.15, 0.2) is 0 Å². The molecule has 5 nitrogen and oxygen atoms in total. The molecule has 1 amide bonds. The number of amides is 1. The van der Waals surface area contributed by atoms with Crippen LogP contribution in [0, 0.1) is 0 Å². The normalized spacial score (nSPS) is 11.6. The number of pyridine rings is 1. The zero-order valence-electron chi connectivity index (χ0n) is 18.7. The number of nitrogens with zero attached hydrogens (tertiary/aromatic N) is 2. The molecule has 1 unspecified atom stereocenters. The van der Waals surface area contributed by atoms with Crippen molar-refractivity contribution in [3.05, 3.63) is 107 Å². The zero-order valence-corrected chi connectivity index (χ0v) is 21.1. The lowest BCUT2D eigenvalue weighted by atomic mass is 10.1. The number of aromatic nitrogens is 3. The third kappa shape index (κ3) is 5.35. The summed E-state index contributed by atoms with van der Waals surface area (Å²) in [4.78, 5) is 18.4. The molecule has 0 fully saturated rings. The van der Waals surface area contributed by atoms with Crippen molar-refractivity contribution in [3.8, 4) is 11.3 Å². The van der Waals surface area contributed by atoms with Crippen molar-refractivity contribution in [1.82, 2.24) is 15.2 Å². The minimum atomic E-state index is -0.167. The third-order valence-corrected chi connectivity index (χ3v) is 6.99. The average Bonchev–Trinajstić information content (AvgIpc) is 3.26. The van der Waals surface area contributed by atoms with Crippen LogP contribution in [0.1, 0.15) is 28.1 Å². The Morgan fingerprint density at radius 1 is 1.00 bits per heavy atom. The van der Waals surface area contributed by atoms with E-state index in [1.54, 1.807) is 18.0 Å². The Labute approximate surface area is 218 Å². The molecule has 0 spiro atoms. The number of carbonyl (C=O) groups excluding carboxylic acids is 1. The second kappa shape index (κ2) is 11.0. The predicted octanol–water partition coefficient (Wildman–Crippen LogP) is 7.81. The highest BCUT2D eigenvalue weighted by Gasteiger charge is 2.22. The van der Waals surface area contributed by atoms with Gasteiger partial charge in [-0.05, 0) is 43.3 Å². The number of aromatic amines is 1. The highest BCUT2D eigenvalue weighted by molar-refractivity contribution is 7.99. The van der Waals surface area contributed by atoms with Gasteiger partial charge in [-0.1, -0.05) is 60.1 Å². The maximum atomic E-state index is 13.2. The fraction of sp³-hybridized carbons (Fsp3) is 0.0741. The summed E-state index contributed by atoms with van der Waals surface area (Å²) >= 11 is 8.07. The number of thioether (sulfide) groups is 1. The van der Waals surface area contributed by atoms with Gasteiger partial charge in [0.1, 0.15) is 5.15 Å². The molecule has 5 aromatic rings. The Morgan fingerprint density at radius 3 is 2.60 bits per heavy atom. The Morgan fingerprint density at radius 2 is 1.77 bits per heavy atom. The summed E-state index contributed by atoms with van der Waals surface area (Å²) in [5.41, 5.74) is 4.93.